The zero-order valence-corrected chi connectivity index (χ0v) is 11.6. The number of hydrogen-bond acceptors (Lipinski definition) is 7. The van der Waals surface area contributed by atoms with Crippen molar-refractivity contribution in [1.82, 2.24) is 5.32 Å². The van der Waals surface area contributed by atoms with Gasteiger partial charge in [-0.3, -0.25) is 4.79 Å². The van der Waals surface area contributed by atoms with Gasteiger partial charge in [-0.25, -0.2) is 4.79 Å². The van der Waals surface area contributed by atoms with Crippen LogP contribution in [0.1, 0.15) is 22.8 Å². The number of phenols is 1. The molecule has 118 valence electrons. The first-order chi connectivity index (χ1) is 10.3. The summed E-state index contributed by atoms with van der Waals surface area (Å²) in [5.41, 5.74) is -0.533. The molecule has 0 aliphatic heterocycles. The van der Waals surface area contributed by atoms with Gasteiger partial charge in [0.2, 0.25) is 0 Å². The van der Waals surface area contributed by atoms with Crippen LogP contribution in [0.5, 0.6) is 5.75 Å². The molecule has 1 atom stereocenters. The number of carbonyl (C=O) groups excluding carboxylic acids is 1. The molecule has 0 spiro atoms. The molecule has 0 unspecified atom stereocenters. The number of nitrogens with zero attached hydrogens (tertiary/aromatic N) is 1. The van der Waals surface area contributed by atoms with Crippen LogP contribution < -0.4 is 5.32 Å². The van der Waals surface area contributed by atoms with Crippen molar-refractivity contribution in [3.63, 3.8) is 0 Å². The minimum absolute atomic E-state index is 0.108. The van der Waals surface area contributed by atoms with Crippen LogP contribution in [-0.4, -0.2) is 56.1 Å². The Bertz CT molecular complexity index is 603. The first kappa shape index (κ1) is 17.5. The lowest BCUT2D eigenvalue weighted by atomic mass is 9.75. The largest absolute Gasteiger partial charge is 0.507 e. The lowest BCUT2D eigenvalue weighted by Gasteiger charge is -2.18. The number of para-hydroxylation sites is 1. The van der Waals surface area contributed by atoms with Crippen molar-refractivity contribution in [3.05, 3.63) is 29.3 Å². The highest BCUT2D eigenvalue weighted by Crippen LogP contribution is 2.23. The Balaban J connectivity index is 3.00. The first-order valence-corrected chi connectivity index (χ1v) is 6.17. The third-order valence-corrected chi connectivity index (χ3v) is 2.94. The van der Waals surface area contributed by atoms with Crippen molar-refractivity contribution in [1.29, 1.82) is 0 Å². The molecule has 6 N–H and O–H groups in total. The van der Waals surface area contributed by atoms with E-state index in [9.17, 15) is 24.7 Å². The van der Waals surface area contributed by atoms with Gasteiger partial charge in [0, 0.05) is 0 Å². The summed E-state index contributed by atoms with van der Waals surface area (Å²) in [5, 5.41) is 50.7. The van der Waals surface area contributed by atoms with Gasteiger partial charge in [-0.1, -0.05) is 17.3 Å². The lowest BCUT2D eigenvalue weighted by Crippen LogP contribution is -2.49. The van der Waals surface area contributed by atoms with Crippen molar-refractivity contribution in [3.8, 4) is 5.75 Å². The number of rotatable bonds is 6. The third kappa shape index (κ3) is 4.20. The van der Waals surface area contributed by atoms with Crippen LogP contribution in [0.25, 0.3) is 0 Å². The first-order valence-electron chi connectivity index (χ1n) is 6.17. The minimum Gasteiger partial charge on any atom is -0.507 e. The van der Waals surface area contributed by atoms with Crippen LogP contribution in [0, 0.1) is 0 Å². The average Bonchev–Trinajstić information content (AvgIpc) is 2.46. The average molecular weight is 310 g/mol. The van der Waals surface area contributed by atoms with Crippen molar-refractivity contribution in [2.45, 2.75) is 19.3 Å². The minimum atomic E-state index is -1.97. The normalized spacial score (nSPS) is 12.6. The Kier molecular flexibility index (Phi) is 5.90. The van der Waals surface area contributed by atoms with Crippen molar-refractivity contribution >= 4 is 24.7 Å². The smallest absolute Gasteiger partial charge is 0.475 e. The molecule has 1 aromatic rings. The van der Waals surface area contributed by atoms with E-state index in [0.29, 0.717) is 0 Å². The highest BCUT2D eigenvalue weighted by molar-refractivity contribution is 6.46. The molecular formula is C12H15BN2O7. The second-order valence-corrected chi connectivity index (χ2v) is 4.50. The Hall–Kier alpha value is -2.59. The van der Waals surface area contributed by atoms with E-state index < -0.39 is 30.7 Å². The number of carboxylic acid groups (broad SMARTS) is 1. The lowest BCUT2D eigenvalue weighted by molar-refractivity contribution is -0.115. The van der Waals surface area contributed by atoms with Crippen LogP contribution in [0.4, 0.5) is 0 Å². The fourth-order valence-corrected chi connectivity index (χ4v) is 1.71. The molecule has 1 rings (SSSR count). The summed E-state index contributed by atoms with van der Waals surface area (Å²) in [6, 6.07) is 3.95. The molecule has 0 radical (unpaired) electrons. The van der Waals surface area contributed by atoms with Gasteiger partial charge in [-0.15, -0.1) is 0 Å². The molecule has 0 aliphatic carbocycles. The van der Waals surface area contributed by atoms with Gasteiger partial charge in [0.1, 0.15) is 17.0 Å². The van der Waals surface area contributed by atoms with Crippen LogP contribution in [0.2, 0.25) is 0 Å². The second kappa shape index (κ2) is 7.43. The van der Waals surface area contributed by atoms with Gasteiger partial charge in [-0.2, -0.15) is 0 Å². The van der Waals surface area contributed by atoms with E-state index in [-0.39, 0.29) is 23.3 Å². The molecule has 0 bridgehead atoms. The molecule has 9 nitrogen and oxygen atoms in total. The molecule has 1 aromatic carbocycles. The predicted octanol–water partition coefficient (Wildman–Crippen LogP) is -1.02. The number of carbonyl (C=O) groups is 2. The van der Waals surface area contributed by atoms with Crippen LogP contribution in [-0.2, 0) is 11.2 Å². The van der Waals surface area contributed by atoms with Gasteiger partial charge in [0.05, 0.1) is 5.94 Å². The van der Waals surface area contributed by atoms with E-state index in [0.717, 1.165) is 0 Å². The third-order valence-electron chi connectivity index (χ3n) is 2.94. The molecule has 0 heterocycles. The molecule has 0 saturated carbocycles. The molecule has 1 amide bonds. The van der Waals surface area contributed by atoms with Gasteiger partial charge < -0.3 is 30.8 Å². The maximum Gasteiger partial charge on any atom is 0.475 e. The maximum absolute atomic E-state index is 11.6. The molecule has 0 saturated heterocycles. The van der Waals surface area contributed by atoms with E-state index >= 15 is 0 Å². The maximum atomic E-state index is 11.6. The monoisotopic (exact) mass is 310 g/mol. The van der Waals surface area contributed by atoms with Crippen molar-refractivity contribution in [2.24, 2.45) is 5.16 Å². The van der Waals surface area contributed by atoms with Gasteiger partial charge in [-0.05, 0) is 25.0 Å². The zero-order chi connectivity index (χ0) is 16.9. The Labute approximate surface area is 125 Å². The van der Waals surface area contributed by atoms with Gasteiger partial charge >= 0.3 is 13.1 Å². The molecule has 10 heteroatoms. The quantitative estimate of drug-likeness (QED) is 0.170. The van der Waals surface area contributed by atoms with Crippen molar-refractivity contribution < 1.29 is 35.1 Å². The number of amides is 1. The molecule has 22 heavy (non-hydrogen) atoms. The van der Waals surface area contributed by atoms with E-state index in [1.54, 1.807) is 0 Å². The van der Waals surface area contributed by atoms with E-state index in [4.69, 9.17) is 10.3 Å². The van der Waals surface area contributed by atoms with E-state index in [2.05, 4.69) is 10.5 Å². The highest BCUT2D eigenvalue weighted by Gasteiger charge is 2.28. The SMILES string of the molecule is C/C(=N/O)C(=O)N[C@@H](Cc1cccc(C(=O)O)c1O)B(O)O. The van der Waals surface area contributed by atoms with E-state index in [1.807, 2.05) is 0 Å². The van der Waals surface area contributed by atoms with Gasteiger partial charge in [0.15, 0.2) is 0 Å². The summed E-state index contributed by atoms with van der Waals surface area (Å²) in [5.74, 6) is -3.94. The van der Waals surface area contributed by atoms with Crippen LogP contribution in [0.15, 0.2) is 23.4 Å². The number of benzene rings is 1. The summed E-state index contributed by atoms with van der Waals surface area (Å²) in [6.07, 6.45) is -0.241. The Morgan fingerprint density at radius 3 is 2.50 bits per heavy atom. The number of oxime groups is 1. The molecule has 0 aliphatic rings. The van der Waals surface area contributed by atoms with E-state index in [1.165, 1.54) is 25.1 Å². The number of carboxylic acids is 1. The summed E-state index contributed by atoms with van der Waals surface area (Å²) in [6.45, 7) is 1.21. The number of aromatic carboxylic acids is 1. The second-order valence-electron chi connectivity index (χ2n) is 4.50. The number of hydrogen-bond donors (Lipinski definition) is 6. The fraction of sp³-hybridized carbons (Fsp3) is 0.250. The summed E-state index contributed by atoms with van der Waals surface area (Å²) < 4.78 is 0. The predicted molar refractivity (Wildman–Crippen MR) is 75.8 cm³/mol. The molecule has 0 aromatic heterocycles. The van der Waals surface area contributed by atoms with Gasteiger partial charge in [0.25, 0.3) is 5.91 Å². The highest BCUT2D eigenvalue weighted by atomic mass is 16.4. The Morgan fingerprint density at radius 2 is 2.00 bits per heavy atom. The van der Waals surface area contributed by atoms with Crippen LogP contribution in [0.3, 0.4) is 0 Å². The number of nitrogens with one attached hydrogen (secondary N) is 1. The topological polar surface area (TPSA) is 160 Å². The molecule has 0 fully saturated rings. The number of aromatic hydroxyl groups is 1. The fourth-order valence-electron chi connectivity index (χ4n) is 1.71. The summed E-state index contributed by atoms with van der Waals surface area (Å²) >= 11 is 0. The standard InChI is InChI=1S/C12H15BN2O7/c1-6(15-22)11(17)14-9(13(20)21)5-7-3-2-4-8(10(7)16)12(18)19/h2-4,9,16,20-22H,5H2,1H3,(H,14,17)(H,18,19)/b15-6-/t9-/m0/s1. The van der Waals surface area contributed by atoms with Crippen molar-refractivity contribution in [2.75, 3.05) is 0 Å². The Morgan fingerprint density at radius 1 is 1.36 bits per heavy atom. The zero-order valence-electron chi connectivity index (χ0n) is 11.6. The summed E-state index contributed by atoms with van der Waals surface area (Å²) in [7, 11) is -1.97. The molecular weight excluding hydrogens is 295 g/mol. The van der Waals surface area contributed by atoms with Crippen LogP contribution >= 0.6 is 0 Å². The summed E-state index contributed by atoms with van der Waals surface area (Å²) in [4.78, 5) is 22.5.